The fourth-order valence-electron chi connectivity index (χ4n) is 3.03. The van der Waals surface area contributed by atoms with Gasteiger partial charge in [-0.25, -0.2) is 13.1 Å². The number of rotatable bonds is 6. The Labute approximate surface area is 166 Å². The summed E-state index contributed by atoms with van der Waals surface area (Å²) in [5.41, 5.74) is 0.893. The molecule has 1 N–H and O–H groups in total. The number of fused-ring (bicyclic) bond motifs is 1. The molecular formula is C16H19N7O3S2. The first-order chi connectivity index (χ1) is 13.6. The van der Waals surface area contributed by atoms with E-state index in [1.807, 2.05) is 0 Å². The molecule has 12 heteroatoms. The van der Waals surface area contributed by atoms with Crippen molar-refractivity contribution in [3.05, 3.63) is 24.0 Å². The van der Waals surface area contributed by atoms with Crippen molar-refractivity contribution in [1.82, 2.24) is 28.4 Å². The molecule has 0 aliphatic carbocycles. The number of nitrogens with zero attached hydrogens (tertiary/aromatic N) is 6. The van der Waals surface area contributed by atoms with Crippen LogP contribution >= 0.6 is 11.7 Å². The maximum absolute atomic E-state index is 12.8. The van der Waals surface area contributed by atoms with Crippen LogP contribution in [0.2, 0.25) is 0 Å². The largest absolute Gasteiger partial charge is 0.467 e. The molecule has 0 saturated carbocycles. The molecule has 10 nitrogen and oxygen atoms in total. The van der Waals surface area contributed by atoms with Gasteiger partial charge in [0.1, 0.15) is 15.9 Å². The van der Waals surface area contributed by atoms with Gasteiger partial charge in [0, 0.05) is 13.1 Å². The average Bonchev–Trinajstić information content (AvgIpc) is 3.21. The van der Waals surface area contributed by atoms with Gasteiger partial charge in [-0.2, -0.15) is 23.7 Å². The highest BCUT2D eigenvalue weighted by Gasteiger charge is 2.21. The molecule has 1 saturated heterocycles. The van der Waals surface area contributed by atoms with Crippen LogP contribution in [0.3, 0.4) is 0 Å². The number of sulfonamides is 1. The predicted molar refractivity (Wildman–Crippen MR) is 104 cm³/mol. The van der Waals surface area contributed by atoms with Crippen molar-refractivity contribution >= 4 is 38.7 Å². The molecule has 28 heavy (non-hydrogen) atoms. The number of benzene rings is 1. The third kappa shape index (κ3) is 3.88. The summed E-state index contributed by atoms with van der Waals surface area (Å²) in [5.74, 6) is 0.797. The third-order valence-corrected chi connectivity index (χ3v) is 6.41. The summed E-state index contributed by atoms with van der Waals surface area (Å²) in [5, 5.41) is 0. The quantitative estimate of drug-likeness (QED) is 0.628. The highest BCUT2D eigenvalue weighted by Crippen LogP contribution is 2.21. The molecule has 3 heterocycles. The Hall–Kier alpha value is -2.44. The van der Waals surface area contributed by atoms with Crippen molar-refractivity contribution in [1.29, 1.82) is 0 Å². The van der Waals surface area contributed by atoms with E-state index in [1.165, 1.54) is 19.6 Å². The van der Waals surface area contributed by atoms with Gasteiger partial charge in [0.15, 0.2) is 5.82 Å². The standard InChI is InChI=1S/C16H19N7O3S2/c1-26-16-19-13(18-15(20-16)23-8-3-2-4-9-23)10-17-28(24,25)12-7-5-6-11-14(12)22-27-21-11/h5-7,17H,2-4,8-10H2,1H3. The van der Waals surface area contributed by atoms with Gasteiger partial charge < -0.3 is 9.64 Å². The number of anilines is 1. The van der Waals surface area contributed by atoms with E-state index in [0.717, 1.165) is 37.7 Å². The van der Waals surface area contributed by atoms with E-state index in [-0.39, 0.29) is 17.5 Å². The molecule has 1 aromatic carbocycles. The van der Waals surface area contributed by atoms with Crippen molar-refractivity contribution in [3.8, 4) is 6.01 Å². The number of piperidine rings is 1. The summed E-state index contributed by atoms with van der Waals surface area (Å²) in [6, 6.07) is 5.02. The van der Waals surface area contributed by atoms with Gasteiger partial charge in [-0.15, -0.1) is 0 Å². The van der Waals surface area contributed by atoms with Crippen LogP contribution in [0.5, 0.6) is 6.01 Å². The van der Waals surface area contributed by atoms with E-state index in [1.54, 1.807) is 12.1 Å². The Bertz CT molecular complexity index is 1080. The van der Waals surface area contributed by atoms with E-state index >= 15 is 0 Å². The zero-order valence-corrected chi connectivity index (χ0v) is 16.8. The van der Waals surface area contributed by atoms with Gasteiger partial charge >= 0.3 is 6.01 Å². The molecule has 0 radical (unpaired) electrons. The van der Waals surface area contributed by atoms with Crippen LogP contribution in [0.4, 0.5) is 5.95 Å². The molecule has 0 unspecified atom stereocenters. The van der Waals surface area contributed by atoms with Gasteiger partial charge in [-0.05, 0) is 31.4 Å². The van der Waals surface area contributed by atoms with E-state index in [9.17, 15) is 8.42 Å². The Balaban J connectivity index is 1.57. The summed E-state index contributed by atoms with van der Waals surface area (Å²) >= 11 is 0.973. The number of ether oxygens (including phenoxy) is 1. The van der Waals surface area contributed by atoms with Crippen molar-refractivity contribution in [2.75, 3.05) is 25.1 Å². The van der Waals surface area contributed by atoms with Crippen LogP contribution in [0.25, 0.3) is 11.0 Å². The average molecular weight is 422 g/mol. The van der Waals surface area contributed by atoms with Gasteiger partial charge in [0.2, 0.25) is 16.0 Å². The van der Waals surface area contributed by atoms with E-state index in [0.29, 0.717) is 22.8 Å². The summed E-state index contributed by atoms with van der Waals surface area (Å²) in [6.45, 7) is 1.63. The van der Waals surface area contributed by atoms with Crippen molar-refractivity contribution in [3.63, 3.8) is 0 Å². The topological polar surface area (TPSA) is 123 Å². The molecule has 3 aromatic rings. The number of aromatic nitrogens is 5. The number of nitrogens with one attached hydrogen (secondary N) is 1. The maximum atomic E-state index is 12.8. The van der Waals surface area contributed by atoms with Crippen molar-refractivity contribution < 1.29 is 13.2 Å². The smallest absolute Gasteiger partial charge is 0.321 e. The summed E-state index contributed by atoms with van der Waals surface area (Å²) < 4.78 is 41.4. The Morgan fingerprint density at radius 2 is 1.96 bits per heavy atom. The number of hydrogen-bond acceptors (Lipinski definition) is 10. The minimum Gasteiger partial charge on any atom is -0.467 e. The highest BCUT2D eigenvalue weighted by molar-refractivity contribution is 7.89. The first-order valence-corrected chi connectivity index (χ1v) is 11.0. The zero-order chi connectivity index (χ0) is 19.6. The molecule has 0 bridgehead atoms. The molecule has 0 amide bonds. The summed E-state index contributed by atoms with van der Waals surface area (Å²) in [7, 11) is -2.34. The first-order valence-electron chi connectivity index (χ1n) is 8.82. The van der Waals surface area contributed by atoms with Gasteiger partial charge in [0.25, 0.3) is 0 Å². The predicted octanol–water partition coefficient (Wildman–Crippen LogP) is 1.35. The summed E-state index contributed by atoms with van der Waals surface area (Å²) in [6.07, 6.45) is 3.33. The van der Waals surface area contributed by atoms with Gasteiger partial charge in [-0.3, -0.25) is 0 Å². The third-order valence-electron chi connectivity index (χ3n) is 4.43. The maximum Gasteiger partial charge on any atom is 0.321 e. The monoisotopic (exact) mass is 421 g/mol. The lowest BCUT2D eigenvalue weighted by atomic mass is 10.1. The van der Waals surface area contributed by atoms with Crippen LogP contribution in [-0.4, -0.2) is 52.3 Å². The van der Waals surface area contributed by atoms with Crippen LogP contribution in [0.15, 0.2) is 23.1 Å². The fraction of sp³-hybridized carbons (Fsp3) is 0.438. The lowest BCUT2D eigenvalue weighted by Gasteiger charge is -2.26. The highest BCUT2D eigenvalue weighted by atomic mass is 32.2. The normalized spacial score (nSPS) is 15.1. The van der Waals surface area contributed by atoms with Gasteiger partial charge in [-0.1, -0.05) is 6.07 Å². The van der Waals surface area contributed by atoms with Crippen LogP contribution in [0.1, 0.15) is 25.1 Å². The molecule has 2 aromatic heterocycles. The van der Waals surface area contributed by atoms with E-state index in [4.69, 9.17) is 4.74 Å². The molecule has 1 aliphatic rings. The lowest BCUT2D eigenvalue weighted by molar-refractivity contribution is 0.374. The molecular weight excluding hydrogens is 402 g/mol. The second kappa shape index (κ2) is 7.89. The molecule has 148 valence electrons. The molecule has 1 fully saturated rings. The van der Waals surface area contributed by atoms with Crippen LogP contribution in [0, 0.1) is 0 Å². The van der Waals surface area contributed by atoms with Crippen LogP contribution in [-0.2, 0) is 16.6 Å². The Kier molecular flexibility index (Phi) is 5.33. The van der Waals surface area contributed by atoms with E-state index in [2.05, 4.69) is 33.3 Å². The Morgan fingerprint density at radius 3 is 2.75 bits per heavy atom. The molecule has 4 rings (SSSR count). The SMILES string of the molecule is COc1nc(CNS(=O)(=O)c2cccc3nsnc23)nc(N2CCCCC2)n1. The van der Waals surface area contributed by atoms with Crippen molar-refractivity contribution in [2.45, 2.75) is 30.7 Å². The summed E-state index contributed by atoms with van der Waals surface area (Å²) in [4.78, 5) is 15.0. The molecule has 0 spiro atoms. The lowest BCUT2D eigenvalue weighted by Crippen LogP contribution is -2.32. The number of methoxy groups -OCH3 is 1. The first kappa shape index (κ1) is 18.9. The van der Waals surface area contributed by atoms with E-state index < -0.39 is 10.0 Å². The van der Waals surface area contributed by atoms with Crippen LogP contribution < -0.4 is 14.4 Å². The minimum atomic E-state index is -3.81. The fourth-order valence-corrected chi connectivity index (χ4v) is 4.77. The molecule has 0 atom stereocenters. The Morgan fingerprint density at radius 1 is 1.14 bits per heavy atom. The number of hydrogen-bond donors (Lipinski definition) is 1. The molecule has 1 aliphatic heterocycles. The second-order valence-electron chi connectivity index (χ2n) is 6.30. The second-order valence-corrected chi connectivity index (χ2v) is 8.56. The zero-order valence-electron chi connectivity index (χ0n) is 15.2. The van der Waals surface area contributed by atoms with Crippen molar-refractivity contribution in [2.24, 2.45) is 0 Å². The van der Waals surface area contributed by atoms with Gasteiger partial charge in [0.05, 0.1) is 25.4 Å². The minimum absolute atomic E-state index is 0.0797.